The summed E-state index contributed by atoms with van der Waals surface area (Å²) in [5.41, 5.74) is 4.95. The van der Waals surface area contributed by atoms with Crippen LogP contribution < -0.4 is 0 Å². The van der Waals surface area contributed by atoms with Crippen LogP contribution in [-0.2, 0) is 0 Å². The van der Waals surface area contributed by atoms with Crippen molar-refractivity contribution in [3.05, 3.63) is 113 Å². The average molecular weight is 489 g/mol. The Morgan fingerprint density at radius 3 is 2.46 bits per heavy atom. The van der Waals surface area contributed by atoms with Gasteiger partial charge in [-0.25, -0.2) is 4.79 Å². The standard InChI is InChI=1S/C31H24N2O4/c1-20-8-2-3-9-21(20)16-17-33-28-15-5-4-12-25(28)26(30(33)35)19-32-27-14-7-13-24(29(27)34)22-10-6-11-23(18-22)31(36)37/h2-19,34-35H,1H3,(H,36,37)/b17-16-,32-19?. The zero-order chi connectivity index (χ0) is 25.9. The molecule has 0 saturated carbocycles. The Morgan fingerprint density at radius 2 is 1.65 bits per heavy atom. The second kappa shape index (κ2) is 9.87. The summed E-state index contributed by atoms with van der Waals surface area (Å²) in [6, 6.07) is 27.1. The first-order valence-corrected chi connectivity index (χ1v) is 11.7. The number of aliphatic imine (C=N–C) groups is 1. The van der Waals surface area contributed by atoms with Gasteiger partial charge in [-0.3, -0.25) is 9.56 Å². The van der Waals surface area contributed by atoms with Gasteiger partial charge in [0.05, 0.1) is 16.6 Å². The van der Waals surface area contributed by atoms with E-state index in [9.17, 15) is 20.1 Å². The molecule has 3 N–H and O–H groups in total. The molecule has 0 unspecified atom stereocenters. The fraction of sp³-hybridized carbons (Fsp3) is 0.0323. The molecule has 5 rings (SSSR count). The van der Waals surface area contributed by atoms with Crippen LogP contribution in [0.3, 0.4) is 0 Å². The van der Waals surface area contributed by atoms with Gasteiger partial charge in [0, 0.05) is 23.4 Å². The van der Waals surface area contributed by atoms with Gasteiger partial charge in [-0.15, -0.1) is 0 Å². The minimum absolute atomic E-state index is 0.0274. The molecule has 1 heterocycles. The van der Waals surface area contributed by atoms with Crippen LogP contribution in [0.25, 0.3) is 34.3 Å². The summed E-state index contributed by atoms with van der Waals surface area (Å²) < 4.78 is 1.71. The Bertz CT molecular complexity index is 1700. The van der Waals surface area contributed by atoms with Crippen molar-refractivity contribution >= 4 is 41.1 Å². The fourth-order valence-electron chi connectivity index (χ4n) is 4.30. The van der Waals surface area contributed by atoms with Crippen molar-refractivity contribution in [2.24, 2.45) is 4.99 Å². The van der Waals surface area contributed by atoms with Crippen molar-refractivity contribution in [3.63, 3.8) is 0 Å². The largest absolute Gasteiger partial charge is 0.505 e. The van der Waals surface area contributed by atoms with Gasteiger partial charge >= 0.3 is 5.97 Å². The van der Waals surface area contributed by atoms with E-state index in [4.69, 9.17) is 0 Å². The zero-order valence-corrected chi connectivity index (χ0v) is 20.0. The Labute approximate surface area is 213 Å². The zero-order valence-electron chi connectivity index (χ0n) is 20.0. The summed E-state index contributed by atoms with van der Waals surface area (Å²) in [6.07, 6.45) is 5.30. The van der Waals surface area contributed by atoms with Crippen LogP contribution in [0.2, 0.25) is 0 Å². The van der Waals surface area contributed by atoms with E-state index in [1.807, 2.05) is 67.7 Å². The van der Waals surface area contributed by atoms with Crippen LogP contribution >= 0.6 is 0 Å². The summed E-state index contributed by atoms with van der Waals surface area (Å²) >= 11 is 0. The Hall–Kier alpha value is -5.10. The third kappa shape index (κ3) is 4.60. The lowest BCUT2D eigenvalue weighted by Crippen LogP contribution is -1.95. The minimum Gasteiger partial charge on any atom is -0.505 e. The summed E-state index contributed by atoms with van der Waals surface area (Å²) in [7, 11) is 0. The van der Waals surface area contributed by atoms with Crippen LogP contribution in [0.1, 0.15) is 27.0 Å². The fourth-order valence-corrected chi connectivity index (χ4v) is 4.30. The van der Waals surface area contributed by atoms with Crippen molar-refractivity contribution in [1.29, 1.82) is 0 Å². The number of aromatic nitrogens is 1. The van der Waals surface area contributed by atoms with Crippen molar-refractivity contribution in [3.8, 4) is 22.8 Å². The number of aromatic hydroxyl groups is 2. The molecule has 0 aliphatic heterocycles. The monoisotopic (exact) mass is 488 g/mol. The highest BCUT2D eigenvalue weighted by atomic mass is 16.4. The molecule has 0 aliphatic rings. The first-order valence-electron chi connectivity index (χ1n) is 11.7. The van der Waals surface area contributed by atoms with Gasteiger partial charge in [-0.1, -0.05) is 66.7 Å². The number of benzene rings is 4. The molecule has 0 radical (unpaired) electrons. The number of hydrogen-bond acceptors (Lipinski definition) is 4. The summed E-state index contributed by atoms with van der Waals surface area (Å²) in [6.45, 7) is 2.03. The van der Waals surface area contributed by atoms with E-state index in [-0.39, 0.29) is 17.2 Å². The van der Waals surface area contributed by atoms with E-state index < -0.39 is 5.97 Å². The summed E-state index contributed by atoms with van der Waals surface area (Å²) in [5.74, 6) is -1.09. The van der Waals surface area contributed by atoms with Crippen molar-refractivity contribution in [2.45, 2.75) is 6.92 Å². The van der Waals surface area contributed by atoms with Crippen LogP contribution in [0.4, 0.5) is 5.69 Å². The maximum absolute atomic E-state index is 11.4. The Balaban J connectivity index is 1.55. The molecular formula is C31H24N2O4. The van der Waals surface area contributed by atoms with Gasteiger partial charge in [0.1, 0.15) is 11.4 Å². The number of phenolic OH excluding ortho intramolecular Hbond substituents is 1. The highest BCUT2D eigenvalue weighted by Crippen LogP contribution is 2.38. The molecule has 37 heavy (non-hydrogen) atoms. The SMILES string of the molecule is Cc1ccccc1/C=C\n1c(O)c(C=Nc2cccc(-c3cccc(C(=O)O)c3)c2O)c2ccccc21. The normalized spacial score (nSPS) is 11.6. The first kappa shape index (κ1) is 23.6. The number of para-hydroxylation sites is 2. The third-order valence-electron chi connectivity index (χ3n) is 6.28. The lowest BCUT2D eigenvalue weighted by Gasteiger charge is -2.08. The summed E-state index contributed by atoms with van der Waals surface area (Å²) in [4.78, 5) is 15.9. The molecule has 1 aromatic heterocycles. The molecule has 0 aliphatic carbocycles. The maximum Gasteiger partial charge on any atom is 0.335 e. The van der Waals surface area contributed by atoms with Gasteiger partial charge in [0.2, 0.25) is 5.88 Å². The smallest absolute Gasteiger partial charge is 0.335 e. The highest BCUT2D eigenvalue weighted by Gasteiger charge is 2.15. The second-order valence-electron chi connectivity index (χ2n) is 8.61. The number of nitrogens with zero attached hydrogens (tertiary/aromatic N) is 2. The average Bonchev–Trinajstić information content (AvgIpc) is 3.18. The second-order valence-corrected chi connectivity index (χ2v) is 8.61. The molecule has 0 bridgehead atoms. The van der Waals surface area contributed by atoms with E-state index in [2.05, 4.69) is 4.99 Å². The van der Waals surface area contributed by atoms with Crippen LogP contribution in [0.15, 0.2) is 96.0 Å². The molecule has 4 aromatic carbocycles. The van der Waals surface area contributed by atoms with Crippen molar-refractivity contribution < 1.29 is 20.1 Å². The molecule has 0 atom stereocenters. The van der Waals surface area contributed by atoms with Gasteiger partial charge in [-0.05, 0) is 54.0 Å². The Morgan fingerprint density at radius 1 is 0.892 bits per heavy atom. The molecule has 0 fully saturated rings. The number of fused-ring (bicyclic) bond motifs is 1. The first-order chi connectivity index (χ1) is 17.9. The van der Waals surface area contributed by atoms with Gasteiger partial charge in [0.25, 0.3) is 0 Å². The van der Waals surface area contributed by atoms with Crippen LogP contribution in [-0.4, -0.2) is 32.1 Å². The number of carbonyl (C=O) groups is 1. The molecule has 6 nitrogen and oxygen atoms in total. The number of rotatable bonds is 6. The van der Waals surface area contributed by atoms with Gasteiger partial charge in [-0.2, -0.15) is 0 Å². The quantitative estimate of drug-likeness (QED) is 0.222. The van der Waals surface area contributed by atoms with Crippen molar-refractivity contribution in [1.82, 2.24) is 4.57 Å². The van der Waals surface area contributed by atoms with E-state index in [1.165, 1.54) is 18.3 Å². The topological polar surface area (TPSA) is 95.0 Å². The number of hydrogen-bond donors (Lipinski definition) is 3. The number of phenols is 1. The number of carboxylic acids is 1. The lowest BCUT2D eigenvalue weighted by atomic mass is 10.0. The predicted octanol–water partition coefficient (Wildman–Crippen LogP) is 7.10. The van der Waals surface area contributed by atoms with E-state index in [0.717, 1.165) is 22.0 Å². The number of aryl methyl sites for hydroxylation is 1. The molecule has 6 heteroatoms. The molecular weight excluding hydrogens is 464 g/mol. The van der Waals surface area contributed by atoms with E-state index >= 15 is 0 Å². The third-order valence-corrected chi connectivity index (χ3v) is 6.28. The number of carboxylic acid groups (broad SMARTS) is 1. The van der Waals surface area contributed by atoms with Crippen LogP contribution in [0.5, 0.6) is 11.6 Å². The predicted molar refractivity (Wildman–Crippen MR) is 148 cm³/mol. The lowest BCUT2D eigenvalue weighted by molar-refractivity contribution is 0.0697. The van der Waals surface area contributed by atoms with E-state index in [1.54, 1.807) is 34.9 Å². The molecule has 0 saturated heterocycles. The Kier molecular flexibility index (Phi) is 6.31. The number of aromatic carboxylic acids is 1. The molecule has 0 amide bonds. The molecule has 5 aromatic rings. The van der Waals surface area contributed by atoms with Gasteiger partial charge in [0.15, 0.2) is 0 Å². The molecule has 182 valence electrons. The summed E-state index contributed by atoms with van der Waals surface area (Å²) in [5, 5.41) is 32.2. The minimum atomic E-state index is -1.04. The van der Waals surface area contributed by atoms with Crippen LogP contribution in [0, 0.1) is 6.92 Å². The van der Waals surface area contributed by atoms with Crippen molar-refractivity contribution in [2.75, 3.05) is 0 Å². The maximum atomic E-state index is 11.4. The highest BCUT2D eigenvalue weighted by molar-refractivity contribution is 6.04. The van der Waals surface area contributed by atoms with E-state index in [0.29, 0.717) is 22.4 Å². The molecule has 0 spiro atoms. The van der Waals surface area contributed by atoms with Gasteiger partial charge < -0.3 is 15.3 Å².